The third-order valence-electron chi connectivity index (χ3n) is 3.47. The Labute approximate surface area is 150 Å². The average Bonchev–Trinajstić information content (AvgIpc) is 3.14. The van der Waals surface area contributed by atoms with Crippen LogP contribution in [0.15, 0.2) is 52.1 Å². The fourth-order valence-electron chi connectivity index (χ4n) is 2.42. The summed E-state index contributed by atoms with van der Waals surface area (Å²) in [6.45, 7) is 2.39. The van der Waals surface area contributed by atoms with Crippen molar-refractivity contribution in [3.05, 3.63) is 42.7 Å². The van der Waals surface area contributed by atoms with E-state index in [0.717, 1.165) is 15.9 Å². The molecule has 0 saturated heterocycles. The molecule has 1 aromatic carbocycles. The topological polar surface area (TPSA) is 77.2 Å². The van der Waals surface area contributed by atoms with Gasteiger partial charge < -0.3 is 14.5 Å². The van der Waals surface area contributed by atoms with Crippen LogP contribution in [-0.2, 0) is 9.53 Å². The summed E-state index contributed by atoms with van der Waals surface area (Å²) in [5.41, 5.74) is 0.819. The smallest absolute Gasteiger partial charge is 0.230 e. The standard InChI is InChI=1S/C18H19N3O3S/c1-12(10-23-2)19-16(22)11-25-18-13-6-3-4-7-14(13)20-17(21-18)15-8-5-9-24-15/h3-9,12H,10-11H2,1-2H3,(H,19,22). The Morgan fingerprint density at radius 1 is 1.28 bits per heavy atom. The van der Waals surface area contributed by atoms with Gasteiger partial charge in [0.15, 0.2) is 11.6 Å². The Kier molecular flexibility index (Phi) is 5.67. The van der Waals surface area contributed by atoms with Crippen LogP contribution in [0.3, 0.4) is 0 Å². The van der Waals surface area contributed by atoms with Crippen molar-refractivity contribution in [3.63, 3.8) is 0 Å². The third-order valence-corrected chi connectivity index (χ3v) is 4.47. The minimum Gasteiger partial charge on any atom is -0.461 e. The van der Waals surface area contributed by atoms with Gasteiger partial charge in [-0.15, -0.1) is 0 Å². The molecular weight excluding hydrogens is 338 g/mol. The molecule has 25 heavy (non-hydrogen) atoms. The zero-order chi connectivity index (χ0) is 17.6. The first-order chi connectivity index (χ1) is 12.2. The van der Waals surface area contributed by atoms with Gasteiger partial charge in [-0.3, -0.25) is 4.79 Å². The number of para-hydroxylation sites is 1. The first-order valence-electron chi connectivity index (χ1n) is 7.89. The van der Waals surface area contributed by atoms with E-state index in [2.05, 4.69) is 15.3 Å². The Morgan fingerprint density at radius 3 is 2.88 bits per heavy atom. The summed E-state index contributed by atoms with van der Waals surface area (Å²) in [7, 11) is 1.61. The van der Waals surface area contributed by atoms with Gasteiger partial charge in [-0.25, -0.2) is 9.97 Å². The van der Waals surface area contributed by atoms with Crippen molar-refractivity contribution < 1.29 is 13.9 Å². The number of carbonyl (C=O) groups excluding carboxylic acids is 1. The lowest BCUT2D eigenvalue weighted by molar-refractivity contribution is -0.119. The van der Waals surface area contributed by atoms with Gasteiger partial charge in [-0.2, -0.15) is 0 Å². The monoisotopic (exact) mass is 357 g/mol. The van der Waals surface area contributed by atoms with E-state index in [4.69, 9.17) is 9.15 Å². The second-order valence-corrected chi connectivity index (χ2v) is 6.52. The predicted molar refractivity (Wildman–Crippen MR) is 97.4 cm³/mol. The molecule has 1 unspecified atom stereocenters. The molecule has 0 aliphatic rings. The van der Waals surface area contributed by atoms with E-state index in [0.29, 0.717) is 18.2 Å². The van der Waals surface area contributed by atoms with Crippen LogP contribution < -0.4 is 5.32 Å². The number of methoxy groups -OCH3 is 1. The number of nitrogens with zero attached hydrogens (tertiary/aromatic N) is 2. The molecule has 130 valence electrons. The van der Waals surface area contributed by atoms with Crippen molar-refractivity contribution >= 4 is 28.6 Å². The first-order valence-corrected chi connectivity index (χ1v) is 8.87. The second kappa shape index (κ2) is 8.13. The normalized spacial score (nSPS) is 12.2. The zero-order valence-corrected chi connectivity index (χ0v) is 14.9. The first kappa shape index (κ1) is 17.4. The van der Waals surface area contributed by atoms with Crippen molar-refractivity contribution in [1.82, 2.24) is 15.3 Å². The summed E-state index contributed by atoms with van der Waals surface area (Å²) in [6, 6.07) is 11.3. The maximum absolute atomic E-state index is 12.1. The number of fused-ring (bicyclic) bond motifs is 1. The maximum atomic E-state index is 12.1. The average molecular weight is 357 g/mol. The number of rotatable bonds is 7. The van der Waals surface area contributed by atoms with Crippen LogP contribution in [0.25, 0.3) is 22.5 Å². The fraction of sp³-hybridized carbons (Fsp3) is 0.278. The Hall–Kier alpha value is -2.38. The van der Waals surface area contributed by atoms with Gasteiger partial charge in [0.25, 0.3) is 0 Å². The number of benzene rings is 1. The Bertz CT molecular complexity index is 852. The summed E-state index contributed by atoms with van der Waals surface area (Å²) in [5, 5.41) is 4.57. The highest BCUT2D eigenvalue weighted by Gasteiger charge is 2.14. The van der Waals surface area contributed by atoms with Gasteiger partial charge >= 0.3 is 0 Å². The number of furan rings is 1. The van der Waals surface area contributed by atoms with Crippen LogP contribution in [-0.4, -0.2) is 41.4 Å². The van der Waals surface area contributed by atoms with Gasteiger partial charge in [-0.05, 0) is 25.1 Å². The molecule has 0 saturated carbocycles. The molecule has 0 aliphatic heterocycles. The van der Waals surface area contributed by atoms with Crippen molar-refractivity contribution in [2.24, 2.45) is 0 Å². The summed E-state index contributed by atoms with van der Waals surface area (Å²) in [6.07, 6.45) is 1.59. The van der Waals surface area contributed by atoms with Crippen molar-refractivity contribution in [1.29, 1.82) is 0 Å². The van der Waals surface area contributed by atoms with Gasteiger partial charge in [0.05, 0.1) is 24.1 Å². The van der Waals surface area contributed by atoms with E-state index in [9.17, 15) is 4.79 Å². The summed E-state index contributed by atoms with van der Waals surface area (Å²) < 4.78 is 10.4. The van der Waals surface area contributed by atoms with Crippen LogP contribution in [0.2, 0.25) is 0 Å². The van der Waals surface area contributed by atoms with Crippen molar-refractivity contribution in [3.8, 4) is 11.6 Å². The van der Waals surface area contributed by atoms with Crippen molar-refractivity contribution in [2.45, 2.75) is 18.0 Å². The van der Waals surface area contributed by atoms with E-state index in [1.54, 1.807) is 19.4 Å². The molecule has 0 radical (unpaired) electrons. The molecule has 1 atom stereocenters. The molecule has 2 heterocycles. The number of aromatic nitrogens is 2. The minimum absolute atomic E-state index is 0.0288. The number of ether oxygens (including phenoxy) is 1. The SMILES string of the molecule is COCC(C)NC(=O)CSc1nc(-c2ccco2)nc2ccccc12. The molecule has 3 aromatic rings. The number of hydrogen-bond acceptors (Lipinski definition) is 6. The molecule has 6 nitrogen and oxygen atoms in total. The van der Waals surface area contributed by atoms with Crippen LogP contribution in [0.5, 0.6) is 0 Å². The molecule has 0 fully saturated rings. The van der Waals surface area contributed by atoms with Gasteiger partial charge in [0.2, 0.25) is 5.91 Å². The van der Waals surface area contributed by atoms with Crippen LogP contribution in [0.1, 0.15) is 6.92 Å². The molecule has 0 spiro atoms. The van der Waals surface area contributed by atoms with Gasteiger partial charge in [-0.1, -0.05) is 30.0 Å². The minimum atomic E-state index is -0.0585. The zero-order valence-electron chi connectivity index (χ0n) is 14.1. The molecular formula is C18H19N3O3S. The molecule has 1 amide bonds. The van der Waals surface area contributed by atoms with Gasteiger partial charge in [0.1, 0.15) is 5.03 Å². The van der Waals surface area contributed by atoms with Crippen LogP contribution in [0, 0.1) is 0 Å². The van der Waals surface area contributed by atoms with E-state index in [1.165, 1.54) is 11.8 Å². The predicted octanol–water partition coefficient (Wildman–Crippen LogP) is 3.13. The lowest BCUT2D eigenvalue weighted by Gasteiger charge is -2.12. The van der Waals surface area contributed by atoms with E-state index >= 15 is 0 Å². The number of carbonyl (C=O) groups is 1. The highest BCUT2D eigenvalue weighted by molar-refractivity contribution is 8.00. The number of nitrogens with one attached hydrogen (secondary N) is 1. The maximum Gasteiger partial charge on any atom is 0.230 e. The van der Waals surface area contributed by atoms with Crippen LogP contribution in [0.4, 0.5) is 0 Å². The molecule has 2 aromatic heterocycles. The van der Waals surface area contributed by atoms with E-state index < -0.39 is 0 Å². The van der Waals surface area contributed by atoms with Gasteiger partial charge in [0, 0.05) is 18.5 Å². The number of hydrogen-bond donors (Lipinski definition) is 1. The summed E-state index contributed by atoms with van der Waals surface area (Å²) in [5.74, 6) is 1.33. The molecule has 3 rings (SSSR count). The molecule has 7 heteroatoms. The molecule has 0 bridgehead atoms. The summed E-state index contributed by atoms with van der Waals surface area (Å²) >= 11 is 1.38. The summed E-state index contributed by atoms with van der Waals surface area (Å²) in [4.78, 5) is 21.2. The highest BCUT2D eigenvalue weighted by atomic mass is 32.2. The Balaban J connectivity index is 1.81. The Morgan fingerprint density at radius 2 is 2.12 bits per heavy atom. The molecule has 0 aliphatic carbocycles. The highest BCUT2D eigenvalue weighted by Crippen LogP contribution is 2.28. The van der Waals surface area contributed by atoms with Crippen molar-refractivity contribution in [2.75, 3.05) is 19.5 Å². The van der Waals surface area contributed by atoms with E-state index in [1.807, 2.05) is 37.3 Å². The second-order valence-electron chi connectivity index (χ2n) is 5.56. The lowest BCUT2D eigenvalue weighted by Crippen LogP contribution is -2.36. The van der Waals surface area contributed by atoms with Crippen LogP contribution >= 0.6 is 11.8 Å². The number of thioether (sulfide) groups is 1. The number of amides is 1. The fourth-order valence-corrected chi connectivity index (χ4v) is 3.25. The largest absolute Gasteiger partial charge is 0.461 e. The quantitative estimate of drug-likeness (QED) is 0.517. The third kappa shape index (κ3) is 4.37. The van der Waals surface area contributed by atoms with E-state index in [-0.39, 0.29) is 17.7 Å². The molecule has 1 N–H and O–H groups in total. The lowest BCUT2D eigenvalue weighted by atomic mass is 10.2.